The van der Waals surface area contributed by atoms with Crippen LogP contribution in [0, 0.1) is 5.41 Å². The van der Waals surface area contributed by atoms with Crippen LogP contribution in [-0.4, -0.2) is 24.5 Å². The first-order chi connectivity index (χ1) is 6.23. The molecule has 84 valence electrons. The van der Waals surface area contributed by atoms with E-state index in [1.807, 2.05) is 20.8 Å². The summed E-state index contributed by atoms with van der Waals surface area (Å²) in [5, 5.41) is 6.06. The van der Waals surface area contributed by atoms with Gasteiger partial charge in [0.25, 0.3) is 0 Å². The Kier molecular flexibility index (Phi) is 5.13. The Morgan fingerprint density at radius 3 is 2.07 bits per heavy atom. The first-order valence-electron chi connectivity index (χ1n) is 5.26. The summed E-state index contributed by atoms with van der Waals surface area (Å²) >= 11 is 0. The number of carbonyl (C=O) groups excluding carboxylic acids is 1. The molecule has 0 radical (unpaired) electrons. The number of carbonyl (C=O) groups is 1. The van der Waals surface area contributed by atoms with Crippen molar-refractivity contribution in [2.24, 2.45) is 5.41 Å². The molecule has 0 aromatic heterocycles. The average Bonchev–Trinajstić information content (AvgIpc) is 1.99. The maximum Gasteiger partial charge on any atom is 0.234 e. The van der Waals surface area contributed by atoms with Crippen LogP contribution in [0.5, 0.6) is 0 Å². The Bertz CT molecular complexity index is 182. The van der Waals surface area contributed by atoms with Crippen molar-refractivity contribution in [3.8, 4) is 0 Å². The lowest BCUT2D eigenvalue weighted by atomic mass is 9.88. The van der Waals surface area contributed by atoms with Crippen LogP contribution in [0.1, 0.15) is 41.5 Å². The van der Waals surface area contributed by atoms with Gasteiger partial charge in [0.1, 0.15) is 0 Å². The Morgan fingerprint density at radius 1 is 1.21 bits per heavy atom. The first-order valence-corrected chi connectivity index (χ1v) is 5.26. The third-order valence-corrected chi connectivity index (χ3v) is 2.35. The van der Waals surface area contributed by atoms with Gasteiger partial charge in [-0.15, -0.1) is 0 Å². The van der Waals surface area contributed by atoms with E-state index in [0.717, 1.165) is 0 Å². The van der Waals surface area contributed by atoms with Crippen molar-refractivity contribution < 1.29 is 4.79 Å². The fraction of sp³-hybridized carbons (Fsp3) is 0.909. The smallest absolute Gasteiger partial charge is 0.234 e. The highest BCUT2D eigenvalue weighted by atomic mass is 16.1. The molecule has 1 unspecified atom stereocenters. The summed E-state index contributed by atoms with van der Waals surface area (Å²) in [6.45, 7) is 12.8. The second kappa shape index (κ2) is 5.35. The maximum absolute atomic E-state index is 11.4. The van der Waals surface area contributed by atoms with E-state index in [-0.39, 0.29) is 17.4 Å². The molecule has 0 fully saturated rings. The fourth-order valence-corrected chi connectivity index (χ4v) is 0.806. The Hall–Kier alpha value is -0.570. The summed E-state index contributed by atoms with van der Waals surface area (Å²) < 4.78 is 0. The zero-order valence-electron chi connectivity index (χ0n) is 10.3. The van der Waals surface area contributed by atoms with Crippen LogP contribution >= 0.6 is 0 Å². The van der Waals surface area contributed by atoms with E-state index in [0.29, 0.717) is 12.6 Å². The molecule has 0 heterocycles. The minimum atomic E-state index is 0.0705. The van der Waals surface area contributed by atoms with Crippen molar-refractivity contribution in [3.05, 3.63) is 0 Å². The van der Waals surface area contributed by atoms with Gasteiger partial charge < -0.3 is 10.6 Å². The molecule has 1 amide bonds. The van der Waals surface area contributed by atoms with E-state index in [1.54, 1.807) is 0 Å². The van der Waals surface area contributed by atoms with Crippen LogP contribution < -0.4 is 10.6 Å². The Balaban J connectivity index is 3.84. The molecular formula is C11H24N2O. The van der Waals surface area contributed by atoms with E-state index in [2.05, 4.69) is 31.4 Å². The van der Waals surface area contributed by atoms with Crippen molar-refractivity contribution in [3.63, 3.8) is 0 Å². The van der Waals surface area contributed by atoms with E-state index in [9.17, 15) is 4.79 Å². The molecule has 0 aliphatic rings. The predicted octanol–water partition coefficient (Wildman–Crippen LogP) is 1.54. The summed E-state index contributed by atoms with van der Waals surface area (Å²) in [4.78, 5) is 11.4. The molecule has 0 aromatic rings. The zero-order chi connectivity index (χ0) is 11.4. The highest BCUT2D eigenvalue weighted by molar-refractivity contribution is 5.78. The average molecular weight is 200 g/mol. The lowest BCUT2D eigenvalue weighted by Gasteiger charge is -2.28. The summed E-state index contributed by atoms with van der Waals surface area (Å²) in [6.07, 6.45) is 0. The number of amides is 1. The van der Waals surface area contributed by atoms with Crippen LogP contribution in [0.25, 0.3) is 0 Å². The van der Waals surface area contributed by atoms with Gasteiger partial charge in [-0.1, -0.05) is 34.6 Å². The van der Waals surface area contributed by atoms with Crippen molar-refractivity contribution in [2.45, 2.75) is 53.6 Å². The third kappa shape index (κ3) is 5.97. The van der Waals surface area contributed by atoms with Crippen LogP contribution in [0.2, 0.25) is 0 Å². The molecule has 0 saturated heterocycles. The minimum Gasteiger partial charge on any atom is -0.352 e. The van der Waals surface area contributed by atoms with Crippen molar-refractivity contribution in [1.29, 1.82) is 0 Å². The van der Waals surface area contributed by atoms with Gasteiger partial charge >= 0.3 is 0 Å². The molecule has 0 rings (SSSR count). The Morgan fingerprint density at radius 2 is 1.71 bits per heavy atom. The van der Waals surface area contributed by atoms with Gasteiger partial charge in [0.15, 0.2) is 0 Å². The number of hydrogen-bond acceptors (Lipinski definition) is 2. The van der Waals surface area contributed by atoms with Gasteiger partial charge in [0.2, 0.25) is 5.91 Å². The van der Waals surface area contributed by atoms with E-state index >= 15 is 0 Å². The predicted molar refractivity (Wildman–Crippen MR) is 60.2 cm³/mol. The van der Waals surface area contributed by atoms with Crippen molar-refractivity contribution in [2.75, 3.05) is 6.54 Å². The summed E-state index contributed by atoms with van der Waals surface area (Å²) in [5.41, 5.74) is 0.119. The van der Waals surface area contributed by atoms with E-state index in [1.165, 1.54) is 0 Å². The van der Waals surface area contributed by atoms with Gasteiger partial charge in [-0.05, 0) is 12.3 Å². The van der Waals surface area contributed by atoms with Crippen LogP contribution in [-0.2, 0) is 4.79 Å². The second-order valence-electron chi connectivity index (χ2n) is 5.19. The van der Waals surface area contributed by atoms with Gasteiger partial charge in [-0.25, -0.2) is 0 Å². The molecule has 3 heteroatoms. The highest BCUT2D eigenvalue weighted by Crippen LogP contribution is 2.18. The molecule has 2 N–H and O–H groups in total. The highest BCUT2D eigenvalue weighted by Gasteiger charge is 2.21. The SMILES string of the molecule is CC(C)NCC(=O)NC(C)C(C)(C)C. The fourth-order valence-electron chi connectivity index (χ4n) is 0.806. The lowest BCUT2D eigenvalue weighted by Crippen LogP contribution is -2.45. The number of nitrogens with one attached hydrogen (secondary N) is 2. The Labute approximate surface area is 87.6 Å². The minimum absolute atomic E-state index is 0.0705. The molecule has 0 aliphatic heterocycles. The summed E-state index contributed by atoms with van der Waals surface area (Å²) in [6, 6.07) is 0.551. The topological polar surface area (TPSA) is 41.1 Å². The molecule has 0 saturated carbocycles. The second-order valence-corrected chi connectivity index (χ2v) is 5.19. The summed E-state index contributed by atoms with van der Waals surface area (Å²) in [7, 11) is 0. The molecule has 1 atom stereocenters. The molecule has 14 heavy (non-hydrogen) atoms. The van der Waals surface area contributed by atoms with Crippen molar-refractivity contribution in [1.82, 2.24) is 10.6 Å². The molecule has 3 nitrogen and oxygen atoms in total. The summed E-state index contributed by atoms with van der Waals surface area (Å²) in [5.74, 6) is 0.0705. The molecule has 0 aromatic carbocycles. The van der Waals surface area contributed by atoms with Gasteiger partial charge in [0, 0.05) is 12.1 Å². The van der Waals surface area contributed by atoms with Crippen LogP contribution in [0.4, 0.5) is 0 Å². The largest absolute Gasteiger partial charge is 0.352 e. The van der Waals surface area contributed by atoms with Crippen LogP contribution in [0.3, 0.4) is 0 Å². The maximum atomic E-state index is 11.4. The number of rotatable bonds is 4. The van der Waals surface area contributed by atoms with Crippen LogP contribution in [0.15, 0.2) is 0 Å². The quantitative estimate of drug-likeness (QED) is 0.722. The first kappa shape index (κ1) is 13.4. The third-order valence-electron chi connectivity index (χ3n) is 2.35. The zero-order valence-corrected chi connectivity index (χ0v) is 10.3. The number of hydrogen-bond donors (Lipinski definition) is 2. The van der Waals surface area contributed by atoms with Gasteiger partial charge in [-0.2, -0.15) is 0 Å². The van der Waals surface area contributed by atoms with E-state index in [4.69, 9.17) is 0 Å². The molecular weight excluding hydrogens is 176 g/mol. The normalized spacial score (nSPS) is 14.2. The molecule has 0 bridgehead atoms. The molecule has 0 aliphatic carbocycles. The lowest BCUT2D eigenvalue weighted by molar-refractivity contribution is -0.121. The van der Waals surface area contributed by atoms with Crippen molar-refractivity contribution >= 4 is 5.91 Å². The van der Waals surface area contributed by atoms with Gasteiger partial charge in [0.05, 0.1) is 6.54 Å². The molecule has 0 spiro atoms. The monoisotopic (exact) mass is 200 g/mol. The standard InChI is InChI=1S/C11H24N2O/c1-8(2)12-7-10(14)13-9(3)11(4,5)6/h8-9,12H,7H2,1-6H3,(H,13,14). The van der Waals surface area contributed by atoms with Gasteiger partial charge in [-0.3, -0.25) is 4.79 Å². The van der Waals surface area contributed by atoms with E-state index < -0.39 is 0 Å².